The number of carbonyl (C=O) groups excluding carboxylic acids is 1. The largest absolute Gasteiger partial charge is 0.480 e. The van der Waals surface area contributed by atoms with E-state index < -0.39 is 23.5 Å². The predicted octanol–water partition coefficient (Wildman–Crippen LogP) is 1.72. The quantitative estimate of drug-likeness (QED) is 0.879. The molecule has 1 rings (SSSR count). The number of aromatic nitrogens is 1. The average molecular weight is 279 g/mol. The van der Waals surface area contributed by atoms with Crippen LogP contribution in [0.25, 0.3) is 0 Å². The molecule has 2 N–H and O–H groups in total. The van der Waals surface area contributed by atoms with Crippen LogP contribution in [0, 0.1) is 5.41 Å². The summed E-state index contributed by atoms with van der Waals surface area (Å²) in [5, 5.41) is 11.7. The van der Waals surface area contributed by atoms with Crippen molar-refractivity contribution < 1.29 is 14.7 Å². The van der Waals surface area contributed by atoms with E-state index in [1.54, 1.807) is 40.1 Å². The maximum Gasteiger partial charge on any atom is 0.326 e. The van der Waals surface area contributed by atoms with Gasteiger partial charge in [0.05, 0.1) is 12.2 Å². The smallest absolute Gasteiger partial charge is 0.326 e. The van der Waals surface area contributed by atoms with Crippen LogP contribution in [0.1, 0.15) is 26.5 Å². The zero-order valence-corrected chi connectivity index (χ0v) is 12.3. The van der Waals surface area contributed by atoms with Gasteiger partial charge < -0.3 is 15.3 Å². The average Bonchev–Trinajstić information content (AvgIpc) is 2.34. The van der Waals surface area contributed by atoms with Gasteiger partial charge in [-0.25, -0.2) is 9.59 Å². The Labute approximate surface area is 118 Å². The zero-order chi connectivity index (χ0) is 15.3. The Morgan fingerprint density at radius 3 is 2.50 bits per heavy atom. The molecule has 0 saturated carbocycles. The summed E-state index contributed by atoms with van der Waals surface area (Å²) in [7, 11) is 1.60. The third-order valence-electron chi connectivity index (χ3n) is 2.85. The minimum atomic E-state index is -1.04. The molecule has 6 heteroatoms. The minimum Gasteiger partial charge on any atom is -0.480 e. The summed E-state index contributed by atoms with van der Waals surface area (Å²) >= 11 is 0. The number of hydrogen-bond donors (Lipinski definition) is 2. The number of carboxylic acid groups (broad SMARTS) is 1. The van der Waals surface area contributed by atoms with Crippen molar-refractivity contribution in [2.75, 3.05) is 7.05 Å². The molecular weight excluding hydrogens is 258 g/mol. The first-order valence-corrected chi connectivity index (χ1v) is 6.36. The molecule has 1 heterocycles. The van der Waals surface area contributed by atoms with E-state index in [0.29, 0.717) is 6.54 Å². The van der Waals surface area contributed by atoms with Crippen molar-refractivity contribution in [1.29, 1.82) is 0 Å². The molecule has 0 aromatic carbocycles. The van der Waals surface area contributed by atoms with E-state index in [9.17, 15) is 14.7 Å². The van der Waals surface area contributed by atoms with E-state index in [-0.39, 0.29) is 0 Å². The molecule has 0 aliphatic heterocycles. The Morgan fingerprint density at radius 1 is 1.40 bits per heavy atom. The van der Waals surface area contributed by atoms with Gasteiger partial charge in [-0.05, 0) is 17.5 Å². The van der Waals surface area contributed by atoms with Crippen LogP contribution in [-0.2, 0) is 11.3 Å². The SMILES string of the molecule is CN(Cc1ccccn1)C(=O)N[C@H](C(=O)O)C(C)(C)C. The van der Waals surface area contributed by atoms with Gasteiger partial charge in [0.1, 0.15) is 6.04 Å². The highest BCUT2D eigenvalue weighted by Gasteiger charge is 2.33. The summed E-state index contributed by atoms with van der Waals surface area (Å²) < 4.78 is 0. The first kappa shape index (κ1) is 15.9. The van der Waals surface area contributed by atoms with Crippen LogP contribution in [0.15, 0.2) is 24.4 Å². The molecule has 0 spiro atoms. The maximum absolute atomic E-state index is 12.0. The fraction of sp³-hybridized carbons (Fsp3) is 0.500. The maximum atomic E-state index is 12.0. The van der Waals surface area contributed by atoms with Gasteiger partial charge in [0, 0.05) is 13.2 Å². The Morgan fingerprint density at radius 2 is 2.05 bits per heavy atom. The summed E-state index contributed by atoms with van der Waals surface area (Å²) in [6.45, 7) is 5.63. The second-order valence-corrected chi connectivity index (χ2v) is 5.76. The monoisotopic (exact) mass is 279 g/mol. The molecule has 1 atom stereocenters. The summed E-state index contributed by atoms with van der Waals surface area (Å²) in [5.74, 6) is -1.04. The molecule has 110 valence electrons. The number of rotatable bonds is 4. The van der Waals surface area contributed by atoms with E-state index in [4.69, 9.17) is 0 Å². The number of carboxylic acids is 1. The molecule has 0 aliphatic rings. The zero-order valence-electron chi connectivity index (χ0n) is 12.3. The molecule has 0 fully saturated rings. The van der Waals surface area contributed by atoms with Crippen molar-refractivity contribution in [2.45, 2.75) is 33.4 Å². The number of aliphatic carboxylic acids is 1. The van der Waals surface area contributed by atoms with Crippen LogP contribution in [0.4, 0.5) is 4.79 Å². The van der Waals surface area contributed by atoms with E-state index in [1.165, 1.54) is 4.90 Å². The predicted molar refractivity (Wildman–Crippen MR) is 75.1 cm³/mol. The Kier molecular flexibility index (Phi) is 5.07. The van der Waals surface area contributed by atoms with Crippen molar-refractivity contribution in [1.82, 2.24) is 15.2 Å². The van der Waals surface area contributed by atoms with E-state index in [1.807, 2.05) is 12.1 Å². The van der Waals surface area contributed by atoms with Gasteiger partial charge in [0.25, 0.3) is 0 Å². The molecule has 2 amide bonds. The lowest BCUT2D eigenvalue weighted by Crippen LogP contribution is -2.52. The molecule has 1 aromatic rings. The molecule has 6 nitrogen and oxygen atoms in total. The van der Waals surface area contributed by atoms with Crippen molar-refractivity contribution in [2.24, 2.45) is 5.41 Å². The summed E-state index contributed by atoms with van der Waals surface area (Å²) in [4.78, 5) is 28.8. The van der Waals surface area contributed by atoms with Crippen LogP contribution in [0.2, 0.25) is 0 Å². The van der Waals surface area contributed by atoms with E-state index >= 15 is 0 Å². The molecule has 1 aromatic heterocycles. The first-order valence-electron chi connectivity index (χ1n) is 6.36. The van der Waals surface area contributed by atoms with Crippen LogP contribution < -0.4 is 5.32 Å². The second kappa shape index (κ2) is 6.36. The molecule has 0 radical (unpaired) electrons. The number of nitrogens with one attached hydrogen (secondary N) is 1. The van der Waals surface area contributed by atoms with Gasteiger partial charge in [0.15, 0.2) is 0 Å². The molecule has 0 aliphatic carbocycles. The number of carbonyl (C=O) groups is 2. The van der Waals surface area contributed by atoms with Gasteiger partial charge in [-0.15, -0.1) is 0 Å². The third kappa shape index (κ3) is 4.53. The van der Waals surface area contributed by atoms with Crippen molar-refractivity contribution in [3.05, 3.63) is 30.1 Å². The highest BCUT2D eigenvalue weighted by atomic mass is 16.4. The van der Waals surface area contributed by atoms with E-state index in [0.717, 1.165) is 5.69 Å². The normalized spacial score (nSPS) is 12.6. The van der Waals surface area contributed by atoms with Gasteiger partial charge in [0.2, 0.25) is 0 Å². The molecule has 0 bridgehead atoms. The van der Waals surface area contributed by atoms with E-state index in [2.05, 4.69) is 10.3 Å². The minimum absolute atomic E-state index is 0.323. The van der Waals surface area contributed by atoms with Crippen molar-refractivity contribution in [3.8, 4) is 0 Å². The van der Waals surface area contributed by atoms with Crippen LogP contribution in [-0.4, -0.2) is 40.1 Å². The lowest BCUT2D eigenvalue weighted by atomic mass is 9.87. The fourth-order valence-corrected chi connectivity index (χ4v) is 1.69. The highest BCUT2D eigenvalue weighted by molar-refractivity contribution is 5.83. The van der Waals surface area contributed by atoms with Crippen LogP contribution in [0.3, 0.4) is 0 Å². The van der Waals surface area contributed by atoms with Crippen LogP contribution in [0.5, 0.6) is 0 Å². The molecule has 0 unspecified atom stereocenters. The van der Waals surface area contributed by atoms with Crippen molar-refractivity contribution >= 4 is 12.0 Å². The lowest BCUT2D eigenvalue weighted by molar-refractivity contribution is -0.142. The van der Waals surface area contributed by atoms with Gasteiger partial charge in [-0.2, -0.15) is 0 Å². The van der Waals surface area contributed by atoms with Crippen molar-refractivity contribution in [3.63, 3.8) is 0 Å². The number of amides is 2. The number of pyridine rings is 1. The van der Waals surface area contributed by atoms with Crippen LogP contribution >= 0.6 is 0 Å². The Bertz CT molecular complexity index is 468. The summed E-state index contributed by atoms with van der Waals surface area (Å²) in [5.41, 5.74) is 0.181. The fourth-order valence-electron chi connectivity index (χ4n) is 1.69. The second-order valence-electron chi connectivity index (χ2n) is 5.76. The molecule has 20 heavy (non-hydrogen) atoms. The number of nitrogens with zero attached hydrogens (tertiary/aromatic N) is 2. The lowest BCUT2D eigenvalue weighted by Gasteiger charge is -2.29. The third-order valence-corrected chi connectivity index (χ3v) is 2.85. The standard InChI is InChI=1S/C14H21N3O3/c1-14(2,3)11(12(18)19)16-13(20)17(4)9-10-7-5-6-8-15-10/h5-8,11H,9H2,1-4H3,(H,16,20)(H,18,19)/t11-/m1/s1. The molecular formula is C14H21N3O3. The Hall–Kier alpha value is -2.11. The molecule has 0 saturated heterocycles. The highest BCUT2D eigenvalue weighted by Crippen LogP contribution is 2.19. The summed E-state index contributed by atoms with van der Waals surface area (Å²) in [6.07, 6.45) is 1.65. The van der Waals surface area contributed by atoms with Gasteiger partial charge >= 0.3 is 12.0 Å². The topological polar surface area (TPSA) is 82.5 Å². The summed E-state index contributed by atoms with van der Waals surface area (Å²) in [6, 6.07) is 4.06. The first-order chi connectivity index (χ1) is 9.21. The Balaban J connectivity index is 2.67. The van der Waals surface area contributed by atoms with Gasteiger partial charge in [-0.1, -0.05) is 26.8 Å². The number of hydrogen-bond acceptors (Lipinski definition) is 3. The van der Waals surface area contributed by atoms with Gasteiger partial charge in [-0.3, -0.25) is 4.98 Å². The number of urea groups is 1.